The van der Waals surface area contributed by atoms with Crippen LogP contribution >= 0.6 is 0 Å². The van der Waals surface area contributed by atoms with E-state index in [1.807, 2.05) is 6.08 Å². The Kier molecular flexibility index (Phi) is 5.75. The second-order valence-corrected chi connectivity index (χ2v) is 2.53. The van der Waals surface area contributed by atoms with E-state index in [-0.39, 0.29) is 11.9 Å². The molecule has 0 radical (unpaired) electrons. The molecule has 0 N–H and O–H groups in total. The number of carbonyl (C=O) groups is 1. The van der Waals surface area contributed by atoms with Crippen LogP contribution in [0.1, 0.15) is 26.7 Å². The SMILES string of the molecule is CCCC(/C=C/C(C)=O)OC. The highest BCUT2D eigenvalue weighted by Crippen LogP contribution is 2.01. The average molecular weight is 156 g/mol. The Morgan fingerprint density at radius 3 is 2.64 bits per heavy atom. The Bertz CT molecular complexity index is 138. The normalized spacial score (nSPS) is 13.7. The van der Waals surface area contributed by atoms with Crippen LogP contribution in [0.2, 0.25) is 0 Å². The van der Waals surface area contributed by atoms with Gasteiger partial charge in [0.2, 0.25) is 0 Å². The highest BCUT2D eigenvalue weighted by molar-refractivity contribution is 5.87. The number of carbonyl (C=O) groups excluding carboxylic acids is 1. The summed E-state index contributed by atoms with van der Waals surface area (Å²) in [5.41, 5.74) is 0. The van der Waals surface area contributed by atoms with E-state index in [9.17, 15) is 4.79 Å². The first-order chi connectivity index (χ1) is 5.20. The monoisotopic (exact) mass is 156 g/mol. The molecule has 0 saturated heterocycles. The van der Waals surface area contributed by atoms with Gasteiger partial charge in [0.05, 0.1) is 6.10 Å². The largest absolute Gasteiger partial charge is 0.377 e. The molecule has 0 spiro atoms. The topological polar surface area (TPSA) is 26.3 Å². The van der Waals surface area contributed by atoms with Crippen LogP contribution in [-0.2, 0) is 9.53 Å². The van der Waals surface area contributed by atoms with E-state index in [1.54, 1.807) is 13.2 Å². The van der Waals surface area contributed by atoms with Crippen LogP contribution in [0.15, 0.2) is 12.2 Å². The third-order valence-electron chi connectivity index (χ3n) is 1.42. The molecule has 0 rings (SSSR count). The lowest BCUT2D eigenvalue weighted by Gasteiger charge is -2.07. The van der Waals surface area contributed by atoms with Gasteiger partial charge in [-0.3, -0.25) is 4.79 Å². The summed E-state index contributed by atoms with van der Waals surface area (Å²) in [6.45, 7) is 3.63. The smallest absolute Gasteiger partial charge is 0.152 e. The number of hydrogen-bond acceptors (Lipinski definition) is 2. The number of hydrogen-bond donors (Lipinski definition) is 0. The fourth-order valence-electron chi connectivity index (χ4n) is 0.820. The van der Waals surface area contributed by atoms with Crippen LogP contribution in [0.5, 0.6) is 0 Å². The van der Waals surface area contributed by atoms with Crippen molar-refractivity contribution in [1.29, 1.82) is 0 Å². The van der Waals surface area contributed by atoms with Crippen molar-refractivity contribution >= 4 is 5.78 Å². The van der Waals surface area contributed by atoms with Crippen LogP contribution in [-0.4, -0.2) is 19.0 Å². The van der Waals surface area contributed by atoms with Crippen LogP contribution in [0.3, 0.4) is 0 Å². The van der Waals surface area contributed by atoms with E-state index in [1.165, 1.54) is 6.92 Å². The number of rotatable bonds is 5. The summed E-state index contributed by atoms with van der Waals surface area (Å²) in [6, 6.07) is 0. The number of methoxy groups -OCH3 is 1. The number of ether oxygens (including phenoxy) is 1. The summed E-state index contributed by atoms with van der Waals surface area (Å²) in [5.74, 6) is 0.0724. The lowest BCUT2D eigenvalue weighted by atomic mass is 10.2. The summed E-state index contributed by atoms with van der Waals surface area (Å²) >= 11 is 0. The quantitative estimate of drug-likeness (QED) is 0.569. The van der Waals surface area contributed by atoms with Crippen LogP contribution in [0, 0.1) is 0 Å². The molecule has 0 aromatic heterocycles. The molecule has 1 unspecified atom stereocenters. The maximum atomic E-state index is 10.5. The van der Waals surface area contributed by atoms with Crippen molar-refractivity contribution in [1.82, 2.24) is 0 Å². The molecule has 0 aliphatic carbocycles. The minimum Gasteiger partial charge on any atom is -0.377 e. The van der Waals surface area contributed by atoms with E-state index in [0.29, 0.717) is 0 Å². The molecule has 0 fully saturated rings. The molecule has 0 aliphatic heterocycles. The molecule has 0 amide bonds. The average Bonchev–Trinajstić information content (AvgIpc) is 1.97. The van der Waals surface area contributed by atoms with Gasteiger partial charge in [0.25, 0.3) is 0 Å². The second kappa shape index (κ2) is 6.10. The van der Waals surface area contributed by atoms with Crippen molar-refractivity contribution in [2.24, 2.45) is 0 Å². The van der Waals surface area contributed by atoms with Crippen LogP contribution < -0.4 is 0 Å². The molecule has 0 saturated carbocycles. The molecule has 1 atom stereocenters. The third-order valence-corrected chi connectivity index (χ3v) is 1.42. The van der Waals surface area contributed by atoms with Gasteiger partial charge in [-0.1, -0.05) is 19.4 Å². The second-order valence-electron chi connectivity index (χ2n) is 2.53. The minimum atomic E-state index is 0.0724. The molecule has 11 heavy (non-hydrogen) atoms. The van der Waals surface area contributed by atoms with Gasteiger partial charge in [-0.25, -0.2) is 0 Å². The summed E-state index contributed by atoms with van der Waals surface area (Å²) in [4.78, 5) is 10.5. The van der Waals surface area contributed by atoms with Crippen LogP contribution in [0.4, 0.5) is 0 Å². The van der Waals surface area contributed by atoms with E-state index < -0.39 is 0 Å². The molecule has 64 valence electrons. The van der Waals surface area contributed by atoms with E-state index in [2.05, 4.69) is 6.92 Å². The van der Waals surface area contributed by atoms with Gasteiger partial charge in [0.1, 0.15) is 0 Å². The van der Waals surface area contributed by atoms with Crippen molar-refractivity contribution in [3.05, 3.63) is 12.2 Å². The van der Waals surface area contributed by atoms with E-state index >= 15 is 0 Å². The highest BCUT2D eigenvalue weighted by Gasteiger charge is 1.99. The summed E-state index contributed by atoms with van der Waals surface area (Å²) in [5, 5.41) is 0. The Morgan fingerprint density at radius 2 is 2.27 bits per heavy atom. The molecular weight excluding hydrogens is 140 g/mol. The van der Waals surface area contributed by atoms with Crippen molar-refractivity contribution in [3.8, 4) is 0 Å². The van der Waals surface area contributed by atoms with Crippen LogP contribution in [0.25, 0.3) is 0 Å². The predicted octanol–water partition coefficient (Wildman–Crippen LogP) is 1.95. The maximum Gasteiger partial charge on any atom is 0.152 e. The minimum absolute atomic E-state index is 0.0724. The number of ketones is 1. The van der Waals surface area contributed by atoms with Crippen molar-refractivity contribution in [2.75, 3.05) is 7.11 Å². The zero-order valence-corrected chi connectivity index (χ0v) is 7.46. The number of allylic oxidation sites excluding steroid dienone is 1. The van der Waals surface area contributed by atoms with Crippen molar-refractivity contribution in [2.45, 2.75) is 32.8 Å². The third kappa shape index (κ3) is 5.80. The van der Waals surface area contributed by atoms with Crippen molar-refractivity contribution < 1.29 is 9.53 Å². The van der Waals surface area contributed by atoms with Gasteiger partial charge >= 0.3 is 0 Å². The molecular formula is C9H16O2. The summed E-state index contributed by atoms with van der Waals surface area (Å²) < 4.78 is 5.10. The van der Waals surface area contributed by atoms with Crippen molar-refractivity contribution in [3.63, 3.8) is 0 Å². The zero-order chi connectivity index (χ0) is 8.69. The molecule has 0 bridgehead atoms. The summed E-state index contributed by atoms with van der Waals surface area (Å²) in [7, 11) is 1.66. The standard InChI is InChI=1S/C9H16O2/c1-4-5-9(11-3)7-6-8(2)10/h6-7,9H,4-5H2,1-3H3/b7-6+. The molecule has 0 aromatic carbocycles. The molecule has 2 heteroatoms. The predicted molar refractivity (Wildman–Crippen MR) is 45.5 cm³/mol. The first kappa shape index (κ1) is 10.4. The summed E-state index contributed by atoms with van der Waals surface area (Å²) in [6.07, 6.45) is 5.51. The van der Waals surface area contributed by atoms with Gasteiger partial charge in [0, 0.05) is 7.11 Å². The van der Waals surface area contributed by atoms with E-state index in [4.69, 9.17) is 4.74 Å². The van der Waals surface area contributed by atoms with Gasteiger partial charge in [0.15, 0.2) is 5.78 Å². The molecule has 0 aromatic rings. The zero-order valence-electron chi connectivity index (χ0n) is 7.46. The van der Waals surface area contributed by atoms with E-state index in [0.717, 1.165) is 12.8 Å². The maximum absolute atomic E-state index is 10.5. The molecule has 2 nitrogen and oxygen atoms in total. The fraction of sp³-hybridized carbons (Fsp3) is 0.667. The lowest BCUT2D eigenvalue weighted by molar-refractivity contribution is -0.112. The highest BCUT2D eigenvalue weighted by atomic mass is 16.5. The Balaban J connectivity index is 3.76. The first-order valence-corrected chi connectivity index (χ1v) is 3.92. The fourth-order valence-corrected chi connectivity index (χ4v) is 0.820. The first-order valence-electron chi connectivity index (χ1n) is 3.92. The Morgan fingerprint density at radius 1 is 1.64 bits per heavy atom. The molecule has 0 aliphatic rings. The van der Waals surface area contributed by atoms with Gasteiger partial charge in [-0.15, -0.1) is 0 Å². The Hall–Kier alpha value is -0.630. The molecule has 0 heterocycles. The van der Waals surface area contributed by atoms with Gasteiger partial charge in [-0.2, -0.15) is 0 Å². The van der Waals surface area contributed by atoms with Gasteiger partial charge < -0.3 is 4.74 Å². The lowest BCUT2D eigenvalue weighted by Crippen LogP contribution is -2.06. The Labute approximate surface area is 68.2 Å². The van der Waals surface area contributed by atoms with Gasteiger partial charge in [-0.05, 0) is 19.4 Å².